The van der Waals surface area contributed by atoms with E-state index in [0.29, 0.717) is 5.69 Å². The highest BCUT2D eigenvalue weighted by Crippen LogP contribution is 2.27. The second-order valence-electron chi connectivity index (χ2n) is 9.92. The van der Waals surface area contributed by atoms with Crippen LogP contribution >= 0.6 is 0 Å². The maximum atomic E-state index is 12.0. The fourth-order valence-corrected chi connectivity index (χ4v) is 4.08. The summed E-state index contributed by atoms with van der Waals surface area (Å²) >= 11 is 0. The number of alkyl carbamates (subject to hydrolysis) is 1. The van der Waals surface area contributed by atoms with Crippen molar-refractivity contribution in [1.29, 1.82) is 0 Å². The number of fused-ring (bicyclic) bond motifs is 1. The summed E-state index contributed by atoms with van der Waals surface area (Å²) in [5.41, 5.74) is 3.68. The minimum Gasteiger partial charge on any atom is -0.444 e. The zero-order valence-electron chi connectivity index (χ0n) is 20.8. The number of nitrogens with zero attached hydrogens (tertiary/aromatic N) is 4. The molecule has 1 amide bonds. The van der Waals surface area contributed by atoms with Gasteiger partial charge < -0.3 is 19.7 Å². The second-order valence-corrected chi connectivity index (χ2v) is 9.92. The van der Waals surface area contributed by atoms with Crippen LogP contribution in [0.4, 0.5) is 10.6 Å². The van der Waals surface area contributed by atoms with Gasteiger partial charge in [-0.1, -0.05) is 6.07 Å². The van der Waals surface area contributed by atoms with Gasteiger partial charge in [0, 0.05) is 24.7 Å². The molecule has 0 aromatic carbocycles. The number of ether oxygens (including phenoxy) is 2. The Hall–Kier alpha value is -3.26. The normalized spacial score (nSPS) is 18.7. The molecule has 0 bridgehead atoms. The van der Waals surface area contributed by atoms with Gasteiger partial charge in [-0.2, -0.15) is 0 Å². The van der Waals surface area contributed by atoms with Crippen LogP contribution in [0.15, 0.2) is 36.5 Å². The Labute approximate surface area is 200 Å². The SMILES string of the molecule is Cc1ccc(N2C[C@@H](C)O[C@@H](C)C2)nc1-c1ccc2cnc(CNC(=O)OC(C)(C)C)cc2n1. The van der Waals surface area contributed by atoms with E-state index in [2.05, 4.69) is 41.2 Å². The van der Waals surface area contributed by atoms with E-state index in [1.54, 1.807) is 6.20 Å². The summed E-state index contributed by atoms with van der Waals surface area (Å²) in [6.07, 6.45) is 1.62. The van der Waals surface area contributed by atoms with Crippen LogP contribution in [0.3, 0.4) is 0 Å². The summed E-state index contributed by atoms with van der Waals surface area (Å²) in [6, 6.07) is 10.0. The van der Waals surface area contributed by atoms with Gasteiger partial charge in [0.1, 0.15) is 11.4 Å². The van der Waals surface area contributed by atoms with Gasteiger partial charge in [0.2, 0.25) is 0 Å². The van der Waals surface area contributed by atoms with Gasteiger partial charge in [0.05, 0.1) is 41.4 Å². The minimum absolute atomic E-state index is 0.161. The molecule has 1 saturated heterocycles. The lowest BCUT2D eigenvalue weighted by molar-refractivity contribution is -0.00545. The molecule has 180 valence electrons. The third-order valence-electron chi connectivity index (χ3n) is 5.51. The van der Waals surface area contributed by atoms with Crippen LogP contribution in [0.2, 0.25) is 0 Å². The Kier molecular flexibility index (Phi) is 6.70. The standard InChI is InChI=1S/C26H33N5O3/c1-16-7-10-23(31-14-17(2)33-18(3)15-31)30-24(16)21-9-8-19-12-27-20(11-22(19)29-21)13-28-25(32)34-26(4,5)6/h7-12,17-18H,13-15H2,1-6H3,(H,28,32)/t17-,18+. The van der Waals surface area contributed by atoms with Crippen LogP contribution < -0.4 is 10.2 Å². The van der Waals surface area contributed by atoms with E-state index in [4.69, 9.17) is 19.4 Å². The van der Waals surface area contributed by atoms with Crippen LogP contribution in [0.5, 0.6) is 0 Å². The van der Waals surface area contributed by atoms with Crippen LogP contribution in [0.25, 0.3) is 22.3 Å². The van der Waals surface area contributed by atoms with Crippen molar-refractivity contribution in [1.82, 2.24) is 20.3 Å². The zero-order valence-corrected chi connectivity index (χ0v) is 20.8. The van der Waals surface area contributed by atoms with E-state index in [1.165, 1.54) is 0 Å². The average Bonchev–Trinajstić information content (AvgIpc) is 2.75. The Bertz CT molecular complexity index is 1180. The van der Waals surface area contributed by atoms with E-state index >= 15 is 0 Å². The maximum Gasteiger partial charge on any atom is 0.407 e. The van der Waals surface area contributed by atoms with E-state index < -0.39 is 11.7 Å². The van der Waals surface area contributed by atoms with E-state index in [-0.39, 0.29) is 18.8 Å². The predicted octanol–water partition coefficient (Wildman–Crippen LogP) is 4.64. The summed E-state index contributed by atoms with van der Waals surface area (Å²) in [6.45, 7) is 13.6. The molecule has 0 saturated carbocycles. The van der Waals surface area contributed by atoms with Crippen molar-refractivity contribution in [2.45, 2.75) is 65.9 Å². The molecule has 1 aliphatic heterocycles. The van der Waals surface area contributed by atoms with Gasteiger partial charge in [-0.15, -0.1) is 0 Å². The summed E-state index contributed by atoms with van der Waals surface area (Å²) in [7, 11) is 0. The van der Waals surface area contributed by atoms with Crippen LogP contribution in [0, 0.1) is 6.92 Å². The summed E-state index contributed by atoms with van der Waals surface area (Å²) in [5, 5.41) is 3.67. The second kappa shape index (κ2) is 9.54. The molecule has 8 nitrogen and oxygen atoms in total. The highest BCUT2D eigenvalue weighted by Gasteiger charge is 2.24. The lowest BCUT2D eigenvalue weighted by Gasteiger charge is -2.36. The van der Waals surface area contributed by atoms with Gasteiger partial charge in [-0.3, -0.25) is 4.98 Å². The molecule has 0 aliphatic carbocycles. The first kappa shape index (κ1) is 23.9. The molecule has 0 spiro atoms. The molecule has 4 rings (SSSR count). The number of anilines is 1. The molecule has 3 aromatic rings. The number of nitrogens with one attached hydrogen (secondary N) is 1. The average molecular weight is 464 g/mol. The molecule has 0 radical (unpaired) electrons. The molecule has 1 fully saturated rings. The molecule has 0 unspecified atom stereocenters. The summed E-state index contributed by atoms with van der Waals surface area (Å²) in [5.74, 6) is 0.932. The quantitative estimate of drug-likeness (QED) is 0.603. The van der Waals surface area contributed by atoms with Crippen molar-refractivity contribution in [3.05, 3.63) is 47.8 Å². The fraction of sp³-hybridized carbons (Fsp3) is 0.462. The number of carbonyl (C=O) groups is 1. The van der Waals surface area contributed by atoms with E-state index in [0.717, 1.165) is 46.8 Å². The maximum absolute atomic E-state index is 12.0. The van der Waals surface area contributed by atoms with Crippen LogP contribution in [-0.4, -0.2) is 51.9 Å². The van der Waals surface area contributed by atoms with Gasteiger partial charge in [-0.05, 0) is 71.4 Å². The Morgan fingerprint density at radius 1 is 1.15 bits per heavy atom. The fourth-order valence-electron chi connectivity index (χ4n) is 4.08. The highest BCUT2D eigenvalue weighted by atomic mass is 16.6. The minimum atomic E-state index is -0.548. The Morgan fingerprint density at radius 2 is 1.88 bits per heavy atom. The van der Waals surface area contributed by atoms with E-state index in [1.807, 2.05) is 45.9 Å². The van der Waals surface area contributed by atoms with Gasteiger partial charge >= 0.3 is 6.09 Å². The number of hydrogen-bond acceptors (Lipinski definition) is 7. The topological polar surface area (TPSA) is 89.5 Å². The summed E-state index contributed by atoms with van der Waals surface area (Å²) < 4.78 is 11.2. The Morgan fingerprint density at radius 3 is 2.59 bits per heavy atom. The number of hydrogen-bond donors (Lipinski definition) is 1. The first-order chi connectivity index (χ1) is 16.1. The van der Waals surface area contributed by atoms with Crippen molar-refractivity contribution >= 4 is 22.8 Å². The molecular weight excluding hydrogens is 430 g/mol. The van der Waals surface area contributed by atoms with Gasteiger partial charge in [0.15, 0.2) is 0 Å². The molecule has 3 aromatic heterocycles. The molecule has 1 aliphatic rings. The third-order valence-corrected chi connectivity index (χ3v) is 5.51. The van der Waals surface area contributed by atoms with Crippen molar-refractivity contribution < 1.29 is 14.3 Å². The molecule has 2 atom stereocenters. The van der Waals surface area contributed by atoms with Crippen LogP contribution in [0.1, 0.15) is 45.9 Å². The molecule has 4 heterocycles. The van der Waals surface area contributed by atoms with Gasteiger partial charge in [-0.25, -0.2) is 14.8 Å². The highest BCUT2D eigenvalue weighted by molar-refractivity contribution is 5.81. The van der Waals surface area contributed by atoms with Crippen molar-refractivity contribution in [2.24, 2.45) is 0 Å². The van der Waals surface area contributed by atoms with Crippen molar-refractivity contribution in [3.8, 4) is 11.4 Å². The molecule has 1 N–H and O–H groups in total. The number of amides is 1. The number of pyridine rings is 3. The van der Waals surface area contributed by atoms with Crippen molar-refractivity contribution in [3.63, 3.8) is 0 Å². The number of aromatic nitrogens is 3. The largest absolute Gasteiger partial charge is 0.444 e. The lowest BCUT2D eigenvalue weighted by Crippen LogP contribution is -2.45. The first-order valence-electron chi connectivity index (χ1n) is 11.7. The number of morpholine rings is 1. The smallest absolute Gasteiger partial charge is 0.407 e. The predicted molar refractivity (Wildman–Crippen MR) is 133 cm³/mol. The number of aryl methyl sites for hydroxylation is 1. The summed E-state index contributed by atoms with van der Waals surface area (Å²) in [4.78, 5) is 28.5. The first-order valence-corrected chi connectivity index (χ1v) is 11.7. The molecule has 34 heavy (non-hydrogen) atoms. The lowest BCUT2D eigenvalue weighted by atomic mass is 10.1. The van der Waals surface area contributed by atoms with E-state index in [9.17, 15) is 4.79 Å². The van der Waals surface area contributed by atoms with Gasteiger partial charge in [0.25, 0.3) is 0 Å². The number of rotatable bonds is 4. The van der Waals surface area contributed by atoms with Crippen molar-refractivity contribution in [2.75, 3.05) is 18.0 Å². The third kappa shape index (κ3) is 5.80. The molecule has 8 heteroatoms. The van der Waals surface area contributed by atoms with Crippen LogP contribution in [-0.2, 0) is 16.0 Å². The Balaban J connectivity index is 1.58. The number of carbonyl (C=O) groups excluding carboxylic acids is 1. The monoisotopic (exact) mass is 463 g/mol. The zero-order chi connectivity index (χ0) is 24.5. The molecular formula is C26H33N5O3.